The molecule has 0 saturated carbocycles. The molecular weight excluding hydrogens is 338 g/mol. The number of aryl methyl sites for hydroxylation is 1. The van der Waals surface area contributed by atoms with Crippen LogP contribution in [0.2, 0.25) is 0 Å². The van der Waals surface area contributed by atoms with Gasteiger partial charge in [0.25, 0.3) is 11.8 Å². The van der Waals surface area contributed by atoms with Crippen molar-refractivity contribution in [1.29, 1.82) is 0 Å². The molecule has 26 heavy (non-hydrogen) atoms. The van der Waals surface area contributed by atoms with Crippen molar-refractivity contribution in [2.75, 3.05) is 0 Å². The lowest BCUT2D eigenvalue weighted by atomic mass is 10.0. The number of hydrazine groups is 1. The summed E-state index contributed by atoms with van der Waals surface area (Å²) in [4.78, 5) is 25.3. The molecule has 2 rings (SSSR count). The van der Waals surface area contributed by atoms with Crippen molar-refractivity contribution in [3.63, 3.8) is 0 Å². The van der Waals surface area contributed by atoms with E-state index < -0.39 is 29.0 Å². The Balaban J connectivity index is 2.31. The van der Waals surface area contributed by atoms with Crippen LogP contribution in [0, 0.1) is 11.6 Å². The minimum atomic E-state index is -0.803. The third-order valence-corrected chi connectivity index (χ3v) is 3.87. The van der Waals surface area contributed by atoms with E-state index in [4.69, 9.17) is 0 Å². The molecular formula is C20H22F2N2O2. The number of halogens is 2. The van der Waals surface area contributed by atoms with Gasteiger partial charge in [-0.3, -0.25) is 15.0 Å². The van der Waals surface area contributed by atoms with Crippen molar-refractivity contribution in [1.82, 2.24) is 10.4 Å². The SMILES string of the molecule is CCc1ccc(C(=O)N(NC(=O)c2ccc(F)cc2)C(C)(C)C)c(F)c1. The first-order valence-electron chi connectivity index (χ1n) is 8.33. The van der Waals surface area contributed by atoms with Gasteiger partial charge in [0.05, 0.1) is 11.1 Å². The van der Waals surface area contributed by atoms with Gasteiger partial charge in [0, 0.05) is 5.56 Å². The van der Waals surface area contributed by atoms with E-state index in [1.54, 1.807) is 26.8 Å². The molecule has 0 atom stereocenters. The molecule has 0 heterocycles. The largest absolute Gasteiger partial charge is 0.275 e. The maximum absolute atomic E-state index is 14.3. The maximum Gasteiger partial charge on any atom is 0.275 e. The van der Waals surface area contributed by atoms with Crippen molar-refractivity contribution in [2.45, 2.75) is 39.7 Å². The summed E-state index contributed by atoms with van der Waals surface area (Å²) in [6.45, 7) is 7.04. The van der Waals surface area contributed by atoms with Crippen LogP contribution in [0.25, 0.3) is 0 Å². The van der Waals surface area contributed by atoms with Crippen LogP contribution in [0.4, 0.5) is 8.78 Å². The summed E-state index contributed by atoms with van der Waals surface area (Å²) in [5.41, 5.74) is 2.54. The van der Waals surface area contributed by atoms with Crippen LogP contribution >= 0.6 is 0 Å². The van der Waals surface area contributed by atoms with Gasteiger partial charge in [0.2, 0.25) is 0 Å². The standard InChI is InChI=1S/C20H22F2N2O2/c1-5-13-6-11-16(17(22)12-13)19(26)24(20(2,3)4)23-18(25)14-7-9-15(21)10-8-14/h6-12H,5H2,1-4H3,(H,23,25). The van der Waals surface area contributed by atoms with Crippen LogP contribution in [0.1, 0.15) is 54.0 Å². The molecule has 0 aliphatic rings. The zero-order chi connectivity index (χ0) is 19.5. The summed E-state index contributed by atoms with van der Waals surface area (Å²) < 4.78 is 27.4. The molecule has 0 aromatic heterocycles. The van der Waals surface area contributed by atoms with E-state index in [-0.39, 0.29) is 11.1 Å². The quantitative estimate of drug-likeness (QED) is 0.838. The minimum Gasteiger partial charge on any atom is -0.267 e. The molecule has 4 nitrogen and oxygen atoms in total. The molecule has 0 saturated heterocycles. The summed E-state index contributed by atoms with van der Waals surface area (Å²) in [7, 11) is 0. The molecule has 0 aliphatic carbocycles. The highest BCUT2D eigenvalue weighted by Crippen LogP contribution is 2.19. The average Bonchev–Trinajstić information content (AvgIpc) is 2.58. The average molecular weight is 360 g/mol. The van der Waals surface area contributed by atoms with Gasteiger partial charge in [-0.2, -0.15) is 0 Å². The summed E-state index contributed by atoms with van der Waals surface area (Å²) in [5, 5.41) is 1.09. The zero-order valence-electron chi connectivity index (χ0n) is 15.3. The van der Waals surface area contributed by atoms with E-state index in [1.165, 1.54) is 24.3 Å². The number of nitrogens with one attached hydrogen (secondary N) is 1. The Morgan fingerprint density at radius 1 is 1.04 bits per heavy atom. The maximum atomic E-state index is 14.3. The fraction of sp³-hybridized carbons (Fsp3) is 0.300. The smallest absolute Gasteiger partial charge is 0.267 e. The molecule has 1 N–H and O–H groups in total. The lowest BCUT2D eigenvalue weighted by Crippen LogP contribution is -2.56. The fourth-order valence-corrected chi connectivity index (χ4v) is 2.36. The van der Waals surface area contributed by atoms with Crippen molar-refractivity contribution >= 4 is 11.8 Å². The van der Waals surface area contributed by atoms with Gasteiger partial charge in [-0.1, -0.05) is 13.0 Å². The van der Waals surface area contributed by atoms with E-state index in [1.807, 2.05) is 6.92 Å². The van der Waals surface area contributed by atoms with Gasteiger partial charge in [0.1, 0.15) is 11.6 Å². The number of rotatable bonds is 3. The van der Waals surface area contributed by atoms with Crippen molar-refractivity contribution in [3.05, 3.63) is 70.8 Å². The molecule has 0 bridgehead atoms. The lowest BCUT2D eigenvalue weighted by molar-refractivity contribution is 0.0354. The molecule has 6 heteroatoms. The van der Waals surface area contributed by atoms with E-state index in [0.717, 1.165) is 22.7 Å². The molecule has 0 fully saturated rings. The van der Waals surface area contributed by atoms with Crippen LogP contribution in [-0.4, -0.2) is 22.4 Å². The lowest BCUT2D eigenvalue weighted by Gasteiger charge is -2.35. The highest BCUT2D eigenvalue weighted by molar-refractivity contribution is 5.99. The van der Waals surface area contributed by atoms with E-state index in [9.17, 15) is 18.4 Å². The normalized spacial score (nSPS) is 11.2. The second-order valence-electron chi connectivity index (χ2n) is 6.93. The van der Waals surface area contributed by atoms with Gasteiger partial charge in [-0.15, -0.1) is 0 Å². The minimum absolute atomic E-state index is 0.128. The highest BCUT2D eigenvalue weighted by Gasteiger charge is 2.31. The van der Waals surface area contributed by atoms with E-state index in [2.05, 4.69) is 5.43 Å². The highest BCUT2D eigenvalue weighted by atomic mass is 19.1. The van der Waals surface area contributed by atoms with Crippen molar-refractivity contribution in [3.8, 4) is 0 Å². The summed E-state index contributed by atoms with van der Waals surface area (Å²) in [6.07, 6.45) is 0.648. The number of hydrogen-bond acceptors (Lipinski definition) is 2. The Morgan fingerprint density at radius 2 is 1.65 bits per heavy atom. The first kappa shape index (κ1) is 19.6. The Kier molecular flexibility index (Phi) is 5.75. The molecule has 138 valence electrons. The van der Waals surface area contributed by atoms with Crippen molar-refractivity contribution in [2.24, 2.45) is 0 Å². The van der Waals surface area contributed by atoms with Crippen LogP contribution in [-0.2, 0) is 6.42 Å². The summed E-state index contributed by atoms with van der Waals surface area (Å²) in [5.74, 6) is -2.35. The Hall–Kier alpha value is -2.76. The molecule has 0 aliphatic heterocycles. The first-order valence-corrected chi connectivity index (χ1v) is 8.33. The number of hydrogen-bond donors (Lipinski definition) is 1. The topological polar surface area (TPSA) is 49.4 Å². The molecule has 2 aromatic rings. The summed E-state index contributed by atoms with van der Waals surface area (Å²) in [6, 6.07) is 9.34. The van der Waals surface area contributed by atoms with Crippen LogP contribution in [0.3, 0.4) is 0 Å². The Bertz CT molecular complexity index is 812. The predicted octanol–water partition coefficient (Wildman–Crippen LogP) is 4.11. The molecule has 2 amide bonds. The summed E-state index contributed by atoms with van der Waals surface area (Å²) >= 11 is 0. The number of benzene rings is 2. The second-order valence-corrected chi connectivity index (χ2v) is 6.93. The van der Waals surface area contributed by atoms with Crippen molar-refractivity contribution < 1.29 is 18.4 Å². The molecule has 0 spiro atoms. The number of carbonyl (C=O) groups excluding carboxylic acids is 2. The third kappa shape index (κ3) is 4.45. The van der Waals surface area contributed by atoms with E-state index in [0.29, 0.717) is 6.42 Å². The van der Waals surface area contributed by atoms with Gasteiger partial charge >= 0.3 is 0 Å². The Morgan fingerprint density at radius 3 is 2.15 bits per heavy atom. The Labute approximate surface area is 151 Å². The predicted molar refractivity (Wildman–Crippen MR) is 95.6 cm³/mol. The monoisotopic (exact) mass is 360 g/mol. The van der Waals surface area contributed by atoms with Crippen LogP contribution < -0.4 is 5.43 Å². The number of carbonyl (C=O) groups is 2. The molecule has 0 unspecified atom stereocenters. The van der Waals surface area contributed by atoms with Crippen LogP contribution in [0.5, 0.6) is 0 Å². The van der Waals surface area contributed by atoms with Gasteiger partial charge in [-0.25, -0.2) is 13.8 Å². The van der Waals surface area contributed by atoms with Gasteiger partial charge < -0.3 is 0 Å². The molecule has 0 radical (unpaired) electrons. The van der Waals surface area contributed by atoms with Crippen LogP contribution in [0.15, 0.2) is 42.5 Å². The van der Waals surface area contributed by atoms with Gasteiger partial charge in [-0.05, 0) is 69.2 Å². The third-order valence-electron chi connectivity index (χ3n) is 3.87. The number of amides is 2. The fourth-order valence-electron chi connectivity index (χ4n) is 2.36. The first-order chi connectivity index (χ1) is 12.1. The van der Waals surface area contributed by atoms with Gasteiger partial charge in [0.15, 0.2) is 0 Å². The molecule has 2 aromatic carbocycles. The second kappa shape index (κ2) is 7.64. The zero-order valence-corrected chi connectivity index (χ0v) is 15.3. The number of nitrogens with zero attached hydrogens (tertiary/aromatic N) is 1. The van der Waals surface area contributed by atoms with E-state index >= 15 is 0 Å².